The monoisotopic (exact) mass is 302 g/mol. The molecule has 6 heteroatoms. The fourth-order valence-corrected chi connectivity index (χ4v) is 2.73. The number of nitrogens with one attached hydrogen (secondary N) is 1. The van der Waals surface area contributed by atoms with E-state index in [4.69, 9.17) is 4.42 Å². The summed E-state index contributed by atoms with van der Waals surface area (Å²) in [6.07, 6.45) is 5.44. The normalized spacial score (nSPS) is 15.9. The van der Waals surface area contributed by atoms with Gasteiger partial charge in [0.1, 0.15) is 5.76 Å². The van der Waals surface area contributed by atoms with Crippen molar-refractivity contribution in [3.05, 3.63) is 35.5 Å². The smallest absolute Gasteiger partial charge is 0.291 e. The fraction of sp³-hybridized carbons (Fsp3) is 0.500. The van der Waals surface area contributed by atoms with Gasteiger partial charge in [0.25, 0.3) is 5.91 Å². The summed E-state index contributed by atoms with van der Waals surface area (Å²) in [6, 6.07) is 3.62. The minimum atomic E-state index is -0.235. The van der Waals surface area contributed by atoms with Gasteiger partial charge in [-0.05, 0) is 45.0 Å². The highest BCUT2D eigenvalue weighted by Gasteiger charge is 2.16. The molecular weight excluding hydrogens is 280 g/mol. The average molecular weight is 302 g/mol. The van der Waals surface area contributed by atoms with E-state index < -0.39 is 0 Å². The Bertz CT molecular complexity index is 653. The van der Waals surface area contributed by atoms with E-state index in [1.165, 1.54) is 19.3 Å². The molecule has 0 aliphatic carbocycles. The van der Waals surface area contributed by atoms with Crippen molar-refractivity contribution in [3.63, 3.8) is 0 Å². The topological polar surface area (TPSA) is 63.3 Å². The lowest BCUT2D eigenvalue weighted by Crippen LogP contribution is -2.28. The van der Waals surface area contributed by atoms with Crippen molar-refractivity contribution in [1.82, 2.24) is 14.7 Å². The van der Waals surface area contributed by atoms with Crippen LogP contribution in [0.2, 0.25) is 0 Å². The first-order valence-electron chi connectivity index (χ1n) is 7.74. The number of likely N-dealkylation sites (tertiary alicyclic amines) is 1. The van der Waals surface area contributed by atoms with Crippen LogP contribution >= 0.6 is 0 Å². The molecule has 1 amide bonds. The lowest BCUT2D eigenvalue weighted by molar-refractivity contribution is 0.0992. The van der Waals surface area contributed by atoms with E-state index >= 15 is 0 Å². The van der Waals surface area contributed by atoms with Gasteiger partial charge in [-0.2, -0.15) is 5.10 Å². The number of hydrogen-bond acceptors (Lipinski definition) is 4. The first-order chi connectivity index (χ1) is 10.6. The van der Waals surface area contributed by atoms with Gasteiger partial charge in [0.05, 0.1) is 24.1 Å². The van der Waals surface area contributed by atoms with Gasteiger partial charge < -0.3 is 9.73 Å². The molecule has 0 bridgehead atoms. The van der Waals surface area contributed by atoms with Crippen molar-refractivity contribution >= 4 is 11.6 Å². The van der Waals surface area contributed by atoms with Crippen LogP contribution in [-0.2, 0) is 13.6 Å². The summed E-state index contributed by atoms with van der Waals surface area (Å²) >= 11 is 0. The Balaban J connectivity index is 1.62. The highest BCUT2D eigenvalue weighted by molar-refractivity contribution is 6.02. The second-order valence-corrected chi connectivity index (χ2v) is 5.82. The van der Waals surface area contributed by atoms with Crippen molar-refractivity contribution in [3.8, 4) is 0 Å². The summed E-state index contributed by atoms with van der Waals surface area (Å²) in [7, 11) is 1.84. The molecule has 0 atom stereocenters. The SMILES string of the molecule is Cc1c(NC(=O)c2ccc(CN3CCCCC3)o2)cnn1C. The predicted molar refractivity (Wildman–Crippen MR) is 83.7 cm³/mol. The molecule has 6 nitrogen and oxygen atoms in total. The third-order valence-corrected chi connectivity index (χ3v) is 4.20. The maximum absolute atomic E-state index is 12.2. The lowest BCUT2D eigenvalue weighted by Gasteiger charge is -2.25. The van der Waals surface area contributed by atoms with Gasteiger partial charge in [0.15, 0.2) is 5.76 Å². The maximum atomic E-state index is 12.2. The molecule has 1 aliphatic rings. The van der Waals surface area contributed by atoms with Gasteiger partial charge in [-0.25, -0.2) is 0 Å². The number of nitrogens with zero attached hydrogens (tertiary/aromatic N) is 3. The van der Waals surface area contributed by atoms with E-state index in [2.05, 4.69) is 15.3 Å². The number of aryl methyl sites for hydroxylation is 1. The number of carbonyl (C=O) groups is 1. The number of anilines is 1. The molecule has 0 radical (unpaired) electrons. The Morgan fingerprint density at radius 3 is 2.77 bits per heavy atom. The number of furan rings is 1. The highest BCUT2D eigenvalue weighted by Crippen LogP contribution is 2.17. The molecule has 0 spiro atoms. The molecule has 1 aliphatic heterocycles. The molecule has 22 heavy (non-hydrogen) atoms. The van der Waals surface area contributed by atoms with Gasteiger partial charge in [-0.3, -0.25) is 14.4 Å². The molecule has 1 N–H and O–H groups in total. The predicted octanol–water partition coefficient (Wildman–Crippen LogP) is 2.56. The quantitative estimate of drug-likeness (QED) is 0.943. The molecule has 1 fully saturated rings. The van der Waals surface area contributed by atoms with Crippen molar-refractivity contribution in [1.29, 1.82) is 0 Å². The number of aromatic nitrogens is 2. The Labute approximate surface area is 130 Å². The first-order valence-corrected chi connectivity index (χ1v) is 7.74. The summed E-state index contributed by atoms with van der Waals surface area (Å²) < 4.78 is 7.41. The molecule has 1 saturated heterocycles. The van der Waals surface area contributed by atoms with Gasteiger partial charge in [0, 0.05) is 7.05 Å². The minimum Gasteiger partial charge on any atom is -0.455 e. The number of carbonyl (C=O) groups excluding carboxylic acids is 1. The third kappa shape index (κ3) is 3.22. The van der Waals surface area contributed by atoms with Crippen LogP contribution in [0.5, 0.6) is 0 Å². The first kappa shape index (κ1) is 14.8. The summed E-state index contributed by atoms with van der Waals surface area (Å²) in [6.45, 7) is 4.90. The van der Waals surface area contributed by atoms with Gasteiger partial charge in [-0.15, -0.1) is 0 Å². The van der Waals surface area contributed by atoms with Crippen LogP contribution in [0, 0.1) is 6.92 Å². The molecule has 0 unspecified atom stereocenters. The minimum absolute atomic E-state index is 0.235. The van der Waals surface area contributed by atoms with Crippen LogP contribution in [0.3, 0.4) is 0 Å². The van der Waals surface area contributed by atoms with Crippen LogP contribution in [0.4, 0.5) is 5.69 Å². The molecule has 118 valence electrons. The van der Waals surface area contributed by atoms with Crippen molar-refractivity contribution in [2.75, 3.05) is 18.4 Å². The average Bonchev–Trinajstić information content (AvgIpc) is 3.10. The largest absolute Gasteiger partial charge is 0.455 e. The van der Waals surface area contributed by atoms with Gasteiger partial charge >= 0.3 is 0 Å². The molecule has 3 rings (SSSR count). The molecule has 2 aromatic rings. The summed E-state index contributed by atoms with van der Waals surface area (Å²) in [5, 5.41) is 6.94. The molecule has 3 heterocycles. The van der Waals surface area contributed by atoms with Gasteiger partial charge in [-0.1, -0.05) is 6.42 Å². The highest BCUT2D eigenvalue weighted by atomic mass is 16.4. The maximum Gasteiger partial charge on any atom is 0.291 e. The van der Waals surface area contributed by atoms with Crippen LogP contribution in [0.25, 0.3) is 0 Å². The number of piperidine rings is 1. The van der Waals surface area contributed by atoms with Crippen LogP contribution in [0.15, 0.2) is 22.7 Å². The van der Waals surface area contributed by atoms with E-state index in [0.29, 0.717) is 11.4 Å². The van der Waals surface area contributed by atoms with E-state index in [1.807, 2.05) is 20.0 Å². The van der Waals surface area contributed by atoms with E-state index in [-0.39, 0.29) is 5.91 Å². The number of amides is 1. The zero-order chi connectivity index (χ0) is 15.5. The Hall–Kier alpha value is -2.08. The second kappa shape index (κ2) is 6.36. The van der Waals surface area contributed by atoms with Crippen molar-refractivity contribution in [2.45, 2.75) is 32.7 Å². The fourth-order valence-electron chi connectivity index (χ4n) is 2.73. The molecule has 2 aromatic heterocycles. The van der Waals surface area contributed by atoms with Crippen molar-refractivity contribution < 1.29 is 9.21 Å². The Morgan fingerprint density at radius 1 is 1.32 bits per heavy atom. The van der Waals surface area contributed by atoms with Crippen LogP contribution in [0.1, 0.15) is 41.3 Å². The zero-order valence-electron chi connectivity index (χ0n) is 13.1. The molecule has 0 saturated carbocycles. The van der Waals surface area contributed by atoms with E-state index in [1.54, 1.807) is 16.9 Å². The van der Waals surface area contributed by atoms with E-state index in [0.717, 1.165) is 31.1 Å². The molecule has 0 aromatic carbocycles. The lowest BCUT2D eigenvalue weighted by atomic mass is 10.1. The number of rotatable bonds is 4. The zero-order valence-corrected chi connectivity index (χ0v) is 13.1. The Morgan fingerprint density at radius 2 is 2.09 bits per heavy atom. The summed E-state index contributed by atoms with van der Waals surface area (Å²) in [5.41, 5.74) is 1.62. The van der Waals surface area contributed by atoms with Crippen LogP contribution in [-0.4, -0.2) is 33.7 Å². The van der Waals surface area contributed by atoms with Gasteiger partial charge in [0.2, 0.25) is 0 Å². The Kier molecular flexibility index (Phi) is 4.29. The van der Waals surface area contributed by atoms with Crippen molar-refractivity contribution in [2.24, 2.45) is 7.05 Å². The van der Waals surface area contributed by atoms with E-state index in [9.17, 15) is 4.79 Å². The summed E-state index contributed by atoms with van der Waals surface area (Å²) in [5.74, 6) is 0.950. The second-order valence-electron chi connectivity index (χ2n) is 5.82. The molecular formula is C16H22N4O2. The number of hydrogen-bond donors (Lipinski definition) is 1. The standard InChI is InChI=1S/C16H22N4O2/c1-12-14(10-17-19(12)2)18-16(21)15-7-6-13(22-15)11-20-8-4-3-5-9-20/h6-7,10H,3-5,8-9,11H2,1-2H3,(H,18,21). The summed E-state index contributed by atoms with van der Waals surface area (Å²) in [4.78, 5) is 14.6. The van der Waals surface area contributed by atoms with Crippen LogP contribution < -0.4 is 5.32 Å². The third-order valence-electron chi connectivity index (χ3n) is 4.20.